The molecule has 0 aliphatic heterocycles. The number of benzene rings is 1. The van der Waals surface area contributed by atoms with Crippen LogP contribution in [0.25, 0.3) is 0 Å². The van der Waals surface area contributed by atoms with E-state index in [0.717, 1.165) is 12.0 Å². The monoisotopic (exact) mass is 279 g/mol. The van der Waals surface area contributed by atoms with Gasteiger partial charge in [-0.25, -0.2) is 4.39 Å². The van der Waals surface area contributed by atoms with Crippen molar-refractivity contribution in [1.82, 2.24) is 4.98 Å². The van der Waals surface area contributed by atoms with Gasteiger partial charge in [-0.05, 0) is 48.6 Å². The van der Waals surface area contributed by atoms with Crippen LogP contribution in [0.15, 0.2) is 42.7 Å². The molecule has 0 fully saturated rings. The van der Waals surface area contributed by atoms with Gasteiger partial charge < -0.3 is 5.11 Å². The molecule has 2 rings (SSSR count). The number of aromatic nitrogens is 1. The predicted octanol–water partition coefficient (Wildman–Crippen LogP) is 3.41. The molecule has 1 atom stereocenters. The Morgan fingerprint density at radius 3 is 2.68 bits per heavy atom. The highest BCUT2D eigenvalue weighted by Crippen LogP contribution is 2.21. The average Bonchev–Trinajstić information content (AvgIpc) is 2.43. The summed E-state index contributed by atoms with van der Waals surface area (Å²) in [6, 6.07) is 8.49. The van der Waals surface area contributed by atoms with Gasteiger partial charge in [0, 0.05) is 12.4 Å². The lowest BCUT2D eigenvalue weighted by molar-refractivity contribution is 0.165. The summed E-state index contributed by atoms with van der Waals surface area (Å²) in [6.45, 7) is 0. The Bertz CT molecular complexity index is 533. The van der Waals surface area contributed by atoms with Crippen LogP contribution in [0.4, 0.5) is 4.39 Å². The van der Waals surface area contributed by atoms with Crippen molar-refractivity contribution < 1.29 is 9.50 Å². The molecule has 100 valence electrons. The zero-order valence-electron chi connectivity index (χ0n) is 10.4. The largest absolute Gasteiger partial charge is 0.393 e. The van der Waals surface area contributed by atoms with Gasteiger partial charge in [-0.2, -0.15) is 0 Å². The molecule has 0 aliphatic carbocycles. The fraction of sp³-hybridized carbons (Fsp3) is 0.267. The van der Waals surface area contributed by atoms with Gasteiger partial charge >= 0.3 is 0 Å². The van der Waals surface area contributed by atoms with Crippen LogP contribution in [0.5, 0.6) is 0 Å². The highest BCUT2D eigenvalue weighted by Gasteiger charge is 2.11. The van der Waals surface area contributed by atoms with Crippen LogP contribution in [0.3, 0.4) is 0 Å². The quantitative estimate of drug-likeness (QED) is 0.910. The Balaban J connectivity index is 1.91. The van der Waals surface area contributed by atoms with Crippen LogP contribution in [-0.2, 0) is 12.8 Å². The van der Waals surface area contributed by atoms with Crippen LogP contribution in [-0.4, -0.2) is 16.2 Å². The minimum Gasteiger partial charge on any atom is -0.393 e. The number of pyridine rings is 1. The zero-order valence-corrected chi connectivity index (χ0v) is 11.1. The van der Waals surface area contributed by atoms with E-state index >= 15 is 0 Å². The summed E-state index contributed by atoms with van der Waals surface area (Å²) in [6.07, 6.45) is 4.65. The molecule has 0 saturated heterocycles. The number of hydrogen-bond donors (Lipinski definition) is 1. The third-order valence-electron chi connectivity index (χ3n) is 3.00. The number of halogens is 2. The van der Waals surface area contributed by atoms with Gasteiger partial charge in [-0.1, -0.05) is 23.7 Å². The van der Waals surface area contributed by atoms with E-state index in [-0.39, 0.29) is 5.02 Å². The fourth-order valence-electron chi connectivity index (χ4n) is 1.94. The van der Waals surface area contributed by atoms with Gasteiger partial charge in [-0.3, -0.25) is 4.98 Å². The van der Waals surface area contributed by atoms with Crippen molar-refractivity contribution in [3.63, 3.8) is 0 Å². The van der Waals surface area contributed by atoms with E-state index < -0.39 is 11.9 Å². The van der Waals surface area contributed by atoms with Crippen molar-refractivity contribution in [2.75, 3.05) is 0 Å². The van der Waals surface area contributed by atoms with Gasteiger partial charge in [0.25, 0.3) is 0 Å². The SMILES string of the molecule is OC(CCc1ccncc1)Cc1cccc(F)c1Cl. The van der Waals surface area contributed by atoms with Gasteiger partial charge in [-0.15, -0.1) is 0 Å². The predicted molar refractivity (Wildman–Crippen MR) is 73.7 cm³/mol. The smallest absolute Gasteiger partial charge is 0.142 e. The lowest BCUT2D eigenvalue weighted by Crippen LogP contribution is -2.12. The fourth-order valence-corrected chi connectivity index (χ4v) is 2.15. The highest BCUT2D eigenvalue weighted by atomic mass is 35.5. The molecule has 1 aromatic heterocycles. The van der Waals surface area contributed by atoms with Crippen LogP contribution in [0.2, 0.25) is 5.02 Å². The topological polar surface area (TPSA) is 33.1 Å². The highest BCUT2D eigenvalue weighted by molar-refractivity contribution is 6.31. The molecule has 0 spiro atoms. The number of aryl methyl sites for hydroxylation is 1. The minimum absolute atomic E-state index is 0.102. The Labute approximate surface area is 116 Å². The first-order valence-electron chi connectivity index (χ1n) is 6.16. The summed E-state index contributed by atoms with van der Waals surface area (Å²) in [4.78, 5) is 3.94. The first kappa shape index (κ1) is 14.0. The second kappa shape index (κ2) is 6.64. The third-order valence-corrected chi connectivity index (χ3v) is 3.43. The molecule has 0 amide bonds. The molecule has 0 aliphatic rings. The van der Waals surface area contributed by atoms with E-state index in [1.165, 1.54) is 6.07 Å². The maximum Gasteiger partial charge on any atom is 0.142 e. The molecule has 1 heterocycles. The Morgan fingerprint density at radius 1 is 1.21 bits per heavy atom. The molecule has 0 radical (unpaired) electrons. The third kappa shape index (κ3) is 4.01. The Kier molecular flexibility index (Phi) is 4.88. The van der Waals surface area contributed by atoms with Crippen LogP contribution in [0.1, 0.15) is 17.5 Å². The zero-order chi connectivity index (χ0) is 13.7. The van der Waals surface area contributed by atoms with Gasteiger partial charge in [0.05, 0.1) is 11.1 Å². The van der Waals surface area contributed by atoms with Crippen molar-refractivity contribution in [2.24, 2.45) is 0 Å². The van der Waals surface area contributed by atoms with E-state index in [9.17, 15) is 9.50 Å². The van der Waals surface area contributed by atoms with Crippen molar-refractivity contribution in [3.05, 3.63) is 64.7 Å². The van der Waals surface area contributed by atoms with E-state index in [4.69, 9.17) is 11.6 Å². The van der Waals surface area contributed by atoms with Crippen LogP contribution >= 0.6 is 11.6 Å². The van der Waals surface area contributed by atoms with E-state index in [2.05, 4.69) is 4.98 Å². The summed E-state index contributed by atoms with van der Waals surface area (Å²) in [5, 5.41) is 10.1. The molecule has 4 heteroatoms. The summed E-state index contributed by atoms with van der Waals surface area (Å²) in [5.41, 5.74) is 1.77. The molecule has 0 saturated carbocycles. The van der Waals surface area contributed by atoms with Crippen molar-refractivity contribution in [2.45, 2.75) is 25.4 Å². The molecular weight excluding hydrogens is 265 g/mol. The summed E-state index contributed by atoms with van der Waals surface area (Å²) in [5.74, 6) is -0.444. The molecule has 1 N–H and O–H groups in total. The van der Waals surface area contributed by atoms with Crippen LogP contribution in [0, 0.1) is 5.82 Å². The summed E-state index contributed by atoms with van der Waals surface area (Å²) >= 11 is 5.86. The van der Waals surface area contributed by atoms with Gasteiger partial charge in [0.15, 0.2) is 0 Å². The molecule has 1 aromatic carbocycles. The summed E-state index contributed by atoms with van der Waals surface area (Å²) < 4.78 is 13.3. The second-order valence-corrected chi connectivity index (χ2v) is 4.84. The number of rotatable bonds is 5. The standard InChI is InChI=1S/C15H15ClFNO/c16-15-12(2-1-3-14(15)17)10-13(19)5-4-11-6-8-18-9-7-11/h1-3,6-9,13,19H,4-5,10H2. The molecular formula is C15H15ClFNO. The van der Waals surface area contributed by atoms with Gasteiger partial charge in [0.2, 0.25) is 0 Å². The average molecular weight is 280 g/mol. The Hall–Kier alpha value is -1.45. The van der Waals surface area contributed by atoms with Crippen molar-refractivity contribution >= 4 is 11.6 Å². The molecule has 0 bridgehead atoms. The molecule has 2 nitrogen and oxygen atoms in total. The Morgan fingerprint density at radius 2 is 1.95 bits per heavy atom. The maximum absolute atomic E-state index is 13.3. The lowest BCUT2D eigenvalue weighted by atomic mass is 10.0. The summed E-state index contributed by atoms with van der Waals surface area (Å²) in [7, 11) is 0. The van der Waals surface area contributed by atoms with E-state index in [1.807, 2.05) is 12.1 Å². The number of aliphatic hydroxyl groups is 1. The lowest BCUT2D eigenvalue weighted by Gasteiger charge is -2.12. The minimum atomic E-state index is -0.535. The van der Waals surface area contributed by atoms with Gasteiger partial charge in [0.1, 0.15) is 5.82 Å². The molecule has 2 aromatic rings. The van der Waals surface area contributed by atoms with E-state index in [1.54, 1.807) is 24.5 Å². The van der Waals surface area contributed by atoms with Crippen LogP contribution < -0.4 is 0 Å². The second-order valence-electron chi connectivity index (χ2n) is 4.47. The van der Waals surface area contributed by atoms with Crippen molar-refractivity contribution in [3.8, 4) is 0 Å². The first-order chi connectivity index (χ1) is 9.16. The molecule has 19 heavy (non-hydrogen) atoms. The maximum atomic E-state index is 13.3. The normalized spacial score (nSPS) is 12.4. The first-order valence-corrected chi connectivity index (χ1v) is 6.54. The number of nitrogens with zero attached hydrogens (tertiary/aromatic N) is 1. The molecule has 1 unspecified atom stereocenters. The number of hydrogen-bond acceptors (Lipinski definition) is 2. The van der Waals surface area contributed by atoms with Crippen molar-refractivity contribution in [1.29, 1.82) is 0 Å². The number of aliphatic hydroxyl groups excluding tert-OH is 1. The van der Waals surface area contributed by atoms with E-state index in [0.29, 0.717) is 18.4 Å².